The van der Waals surface area contributed by atoms with Crippen molar-refractivity contribution in [3.63, 3.8) is 0 Å². The second kappa shape index (κ2) is 7.45. The Labute approximate surface area is 135 Å². The zero-order valence-corrected chi connectivity index (χ0v) is 13.0. The highest BCUT2D eigenvalue weighted by Gasteiger charge is 2.27. The van der Waals surface area contributed by atoms with Gasteiger partial charge in [-0.2, -0.15) is 13.2 Å². The van der Waals surface area contributed by atoms with Gasteiger partial charge in [0.2, 0.25) is 5.91 Å². The molecule has 1 heterocycles. The summed E-state index contributed by atoms with van der Waals surface area (Å²) in [6.45, 7) is 0.457. The number of nitrogens with zero attached hydrogens (tertiary/aromatic N) is 2. The van der Waals surface area contributed by atoms with Gasteiger partial charge in [-0.25, -0.2) is 9.97 Å². The number of halogens is 3. The molecule has 0 radical (unpaired) electrons. The summed E-state index contributed by atoms with van der Waals surface area (Å²) in [6.07, 6.45) is -4.42. The lowest BCUT2D eigenvalue weighted by Crippen LogP contribution is -2.34. The number of hydrogen-bond acceptors (Lipinski definition) is 4. The molecule has 0 bridgehead atoms. The van der Waals surface area contributed by atoms with Gasteiger partial charge in [0.05, 0.1) is 11.4 Å². The third-order valence-electron chi connectivity index (χ3n) is 2.72. The Morgan fingerprint density at radius 1 is 1.22 bits per heavy atom. The molecule has 0 aliphatic carbocycles. The molecule has 8 heteroatoms. The molecular weight excluding hydrogens is 327 g/mol. The Hall–Kier alpha value is -2.09. The van der Waals surface area contributed by atoms with Gasteiger partial charge in [0, 0.05) is 11.3 Å². The Morgan fingerprint density at radius 2 is 1.91 bits per heavy atom. The molecule has 1 amide bonds. The fourth-order valence-electron chi connectivity index (χ4n) is 1.74. The maximum atomic E-state index is 12.0. The van der Waals surface area contributed by atoms with Crippen LogP contribution in [-0.4, -0.2) is 34.3 Å². The third kappa shape index (κ3) is 5.90. The Morgan fingerprint density at radius 3 is 2.57 bits per heavy atom. The van der Waals surface area contributed by atoms with E-state index in [4.69, 9.17) is 0 Å². The van der Waals surface area contributed by atoms with Crippen LogP contribution in [0.1, 0.15) is 5.69 Å². The third-order valence-corrected chi connectivity index (χ3v) is 3.57. The van der Waals surface area contributed by atoms with Gasteiger partial charge < -0.3 is 5.32 Å². The predicted octanol–water partition coefficient (Wildman–Crippen LogP) is 3.22. The summed E-state index contributed by atoms with van der Waals surface area (Å²) < 4.78 is 36.1. The maximum Gasteiger partial charge on any atom is 0.405 e. The van der Waals surface area contributed by atoms with E-state index < -0.39 is 18.6 Å². The molecule has 2 rings (SSSR count). The summed E-state index contributed by atoms with van der Waals surface area (Å²) in [5.74, 6) is -0.882. The molecule has 0 fully saturated rings. The van der Waals surface area contributed by atoms with E-state index in [-0.39, 0.29) is 5.75 Å². The molecule has 0 atom stereocenters. The molecule has 122 valence electrons. The van der Waals surface area contributed by atoms with Crippen molar-refractivity contribution in [1.82, 2.24) is 15.3 Å². The zero-order valence-electron chi connectivity index (χ0n) is 12.2. The van der Waals surface area contributed by atoms with E-state index >= 15 is 0 Å². The first kappa shape index (κ1) is 17.3. The number of nitrogens with one attached hydrogen (secondary N) is 1. The highest BCUT2D eigenvalue weighted by atomic mass is 32.2. The number of carbonyl (C=O) groups is 1. The summed E-state index contributed by atoms with van der Waals surface area (Å²) in [5.41, 5.74) is 2.33. The van der Waals surface area contributed by atoms with E-state index in [9.17, 15) is 18.0 Å². The van der Waals surface area contributed by atoms with Crippen molar-refractivity contribution < 1.29 is 18.0 Å². The monoisotopic (exact) mass is 341 g/mol. The van der Waals surface area contributed by atoms with Crippen molar-refractivity contribution in [1.29, 1.82) is 0 Å². The van der Waals surface area contributed by atoms with Crippen LogP contribution in [0.2, 0.25) is 0 Å². The van der Waals surface area contributed by atoms with Crippen LogP contribution >= 0.6 is 11.8 Å². The fraction of sp³-hybridized carbons (Fsp3) is 0.267. The number of hydrogen-bond donors (Lipinski definition) is 1. The largest absolute Gasteiger partial charge is 0.405 e. The summed E-state index contributed by atoms with van der Waals surface area (Å²) in [6, 6.07) is 11.2. The predicted molar refractivity (Wildman–Crippen MR) is 82.0 cm³/mol. The second-order valence-electron chi connectivity index (χ2n) is 4.72. The SMILES string of the molecule is Cc1cc(-c2ccccc2)nc(SCC(=O)NCC(F)(F)F)n1. The second-order valence-corrected chi connectivity index (χ2v) is 5.67. The van der Waals surface area contributed by atoms with Gasteiger partial charge in [0.15, 0.2) is 5.16 Å². The van der Waals surface area contributed by atoms with Crippen molar-refractivity contribution in [2.75, 3.05) is 12.3 Å². The molecule has 0 unspecified atom stereocenters. The number of rotatable bonds is 5. The molecule has 1 N–H and O–H groups in total. The van der Waals surface area contributed by atoms with Gasteiger partial charge in [0.25, 0.3) is 0 Å². The van der Waals surface area contributed by atoms with E-state index in [2.05, 4.69) is 9.97 Å². The average Bonchev–Trinajstić information content (AvgIpc) is 2.50. The molecular formula is C15H14F3N3OS. The van der Waals surface area contributed by atoms with Gasteiger partial charge in [0.1, 0.15) is 6.54 Å². The number of amides is 1. The van der Waals surface area contributed by atoms with Gasteiger partial charge >= 0.3 is 6.18 Å². The van der Waals surface area contributed by atoms with E-state index in [0.717, 1.165) is 23.0 Å². The fourth-order valence-corrected chi connectivity index (χ4v) is 2.48. The van der Waals surface area contributed by atoms with Crippen LogP contribution in [0.5, 0.6) is 0 Å². The minimum atomic E-state index is -4.42. The Balaban J connectivity index is 2.01. The van der Waals surface area contributed by atoms with Gasteiger partial charge in [-0.15, -0.1) is 0 Å². The Kier molecular flexibility index (Phi) is 5.59. The molecule has 2 aromatic rings. The minimum Gasteiger partial charge on any atom is -0.346 e. The topological polar surface area (TPSA) is 54.9 Å². The number of thioether (sulfide) groups is 1. The summed E-state index contributed by atoms with van der Waals surface area (Å²) in [4.78, 5) is 19.9. The van der Waals surface area contributed by atoms with Crippen LogP contribution in [0, 0.1) is 6.92 Å². The molecule has 4 nitrogen and oxygen atoms in total. The van der Waals surface area contributed by atoms with E-state index in [0.29, 0.717) is 10.9 Å². The molecule has 1 aromatic heterocycles. The van der Waals surface area contributed by atoms with Crippen LogP contribution in [0.25, 0.3) is 11.3 Å². The zero-order chi connectivity index (χ0) is 16.9. The molecule has 0 saturated heterocycles. The minimum absolute atomic E-state index is 0.173. The highest BCUT2D eigenvalue weighted by Crippen LogP contribution is 2.21. The van der Waals surface area contributed by atoms with Crippen molar-refractivity contribution in [2.24, 2.45) is 0 Å². The normalized spacial score (nSPS) is 11.3. The first-order valence-electron chi connectivity index (χ1n) is 6.71. The van der Waals surface area contributed by atoms with Gasteiger partial charge in [-0.1, -0.05) is 42.1 Å². The highest BCUT2D eigenvalue weighted by molar-refractivity contribution is 7.99. The Bertz CT molecular complexity index is 677. The molecule has 0 saturated carbocycles. The lowest BCUT2D eigenvalue weighted by molar-refractivity contribution is -0.136. The summed E-state index contributed by atoms with van der Waals surface area (Å²) >= 11 is 1.00. The van der Waals surface area contributed by atoms with Crippen LogP contribution in [-0.2, 0) is 4.79 Å². The average molecular weight is 341 g/mol. The molecule has 1 aromatic carbocycles. The summed E-state index contributed by atoms with van der Waals surface area (Å²) in [7, 11) is 0. The molecule has 23 heavy (non-hydrogen) atoms. The van der Waals surface area contributed by atoms with E-state index in [1.54, 1.807) is 6.92 Å². The molecule has 0 aliphatic rings. The van der Waals surface area contributed by atoms with Crippen molar-refractivity contribution in [3.05, 3.63) is 42.1 Å². The smallest absolute Gasteiger partial charge is 0.346 e. The van der Waals surface area contributed by atoms with E-state index in [1.165, 1.54) is 0 Å². The van der Waals surface area contributed by atoms with Gasteiger partial charge in [-0.3, -0.25) is 4.79 Å². The van der Waals surface area contributed by atoms with Crippen molar-refractivity contribution >= 4 is 17.7 Å². The number of carbonyl (C=O) groups excluding carboxylic acids is 1. The number of alkyl halides is 3. The van der Waals surface area contributed by atoms with Crippen LogP contribution < -0.4 is 5.32 Å². The van der Waals surface area contributed by atoms with Crippen LogP contribution in [0.3, 0.4) is 0 Å². The van der Waals surface area contributed by atoms with E-state index in [1.807, 2.05) is 41.7 Å². The van der Waals surface area contributed by atoms with Gasteiger partial charge in [-0.05, 0) is 13.0 Å². The number of aromatic nitrogens is 2. The number of aryl methyl sites for hydroxylation is 1. The lowest BCUT2D eigenvalue weighted by Gasteiger charge is -2.08. The first-order chi connectivity index (χ1) is 10.8. The van der Waals surface area contributed by atoms with Crippen LogP contribution in [0.15, 0.2) is 41.6 Å². The standard InChI is InChI=1S/C15H14F3N3OS/c1-10-7-12(11-5-3-2-4-6-11)21-14(20-10)23-8-13(22)19-9-15(16,17)18/h2-7H,8-9H2,1H3,(H,19,22). The molecule has 0 spiro atoms. The van der Waals surface area contributed by atoms with Crippen molar-refractivity contribution in [2.45, 2.75) is 18.3 Å². The quantitative estimate of drug-likeness (QED) is 0.670. The molecule has 0 aliphatic heterocycles. The number of benzene rings is 1. The lowest BCUT2D eigenvalue weighted by atomic mass is 10.1. The maximum absolute atomic E-state index is 12.0. The van der Waals surface area contributed by atoms with Crippen LogP contribution in [0.4, 0.5) is 13.2 Å². The van der Waals surface area contributed by atoms with Crippen molar-refractivity contribution in [3.8, 4) is 11.3 Å². The summed E-state index contributed by atoms with van der Waals surface area (Å²) in [5, 5.41) is 2.17. The first-order valence-corrected chi connectivity index (χ1v) is 7.69.